The zero-order chi connectivity index (χ0) is 23.5. The number of carbonyl (C=O) groups is 2. The number of hydrogen-bond acceptors (Lipinski definition) is 7. The van der Waals surface area contributed by atoms with E-state index in [1.807, 2.05) is 6.92 Å². The van der Waals surface area contributed by atoms with E-state index < -0.39 is 11.7 Å². The second-order valence-electron chi connectivity index (χ2n) is 7.99. The highest BCUT2D eigenvalue weighted by Crippen LogP contribution is 2.29. The van der Waals surface area contributed by atoms with Crippen LogP contribution in [-0.4, -0.2) is 46.0 Å². The maximum atomic E-state index is 13.7. The molecule has 1 aromatic carbocycles. The Labute approximate surface area is 193 Å². The van der Waals surface area contributed by atoms with E-state index in [0.717, 1.165) is 12.8 Å². The number of aromatic nitrogens is 3. The normalized spacial score (nSPS) is 14.5. The minimum atomic E-state index is -0.460. The van der Waals surface area contributed by atoms with Crippen LogP contribution in [0.2, 0.25) is 0 Å². The molecular formula is C22H25FN6O3S. The summed E-state index contributed by atoms with van der Waals surface area (Å²) in [5.41, 5.74) is 0.781. The van der Waals surface area contributed by atoms with E-state index in [2.05, 4.69) is 25.5 Å². The van der Waals surface area contributed by atoms with Crippen molar-refractivity contribution in [2.45, 2.75) is 33.2 Å². The highest BCUT2D eigenvalue weighted by molar-refractivity contribution is 7.22. The second-order valence-corrected chi connectivity index (χ2v) is 8.97. The van der Waals surface area contributed by atoms with Crippen LogP contribution in [0, 0.1) is 18.7 Å². The van der Waals surface area contributed by atoms with Gasteiger partial charge in [0, 0.05) is 31.2 Å². The van der Waals surface area contributed by atoms with E-state index in [1.165, 1.54) is 28.3 Å². The molecule has 0 aliphatic carbocycles. The van der Waals surface area contributed by atoms with Crippen LogP contribution in [0.3, 0.4) is 0 Å². The summed E-state index contributed by atoms with van der Waals surface area (Å²) < 4.78 is 15.3. The third kappa shape index (κ3) is 5.03. The molecular weight excluding hydrogens is 447 g/mol. The summed E-state index contributed by atoms with van der Waals surface area (Å²) in [4.78, 5) is 48.1. The smallest absolute Gasteiger partial charge is 0.273 e. The molecule has 0 atom stereocenters. The van der Waals surface area contributed by atoms with Crippen LogP contribution in [-0.2, 0) is 16.1 Å². The minimum absolute atomic E-state index is 0.00792. The van der Waals surface area contributed by atoms with Crippen LogP contribution in [0.1, 0.15) is 25.3 Å². The summed E-state index contributed by atoms with van der Waals surface area (Å²) >= 11 is 1.24. The number of fused-ring (bicyclic) bond motifs is 1. The molecule has 0 saturated carbocycles. The second kappa shape index (κ2) is 9.65. The molecule has 174 valence electrons. The van der Waals surface area contributed by atoms with Gasteiger partial charge in [-0.05, 0) is 44.4 Å². The SMILES string of the molecule is CCNC(=O)C1CCN(c2nc3ncn(CC(=O)Nc4ccc(C)c(F)c4)c(=O)c3s2)CC1. The van der Waals surface area contributed by atoms with Crippen molar-refractivity contribution < 1.29 is 14.0 Å². The van der Waals surface area contributed by atoms with Crippen molar-refractivity contribution in [3.05, 3.63) is 46.3 Å². The van der Waals surface area contributed by atoms with Gasteiger partial charge < -0.3 is 15.5 Å². The van der Waals surface area contributed by atoms with Crippen LogP contribution in [0.4, 0.5) is 15.2 Å². The van der Waals surface area contributed by atoms with Gasteiger partial charge in [0.15, 0.2) is 10.8 Å². The van der Waals surface area contributed by atoms with E-state index in [-0.39, 0.29) is 23.9 Å². The van der Waals surface area contributed by atoms with Crippen LogP contribution < -0.4 is 21.1 Å². The first-order valence-electron chi connectivity index (χ1n) is 10.8. The molecule has 0 bridgehead atoms. The average Bonchev–Trinajstić information content (AvgIpc) is 3.24. The van der Waals surface area contributed by atoms with Gasteiger partial charge in [0.2, 0.25) is 11.8 Å². The van der Waals surface area contributed by atoms with Crippen molar-refractivity contribution >= 4 is 44.3 Å². The lowest BCUT2D eigenvalue weighted by Gasteiger charge is -2.30. The first-order chi connectivity index (χ1) is 15.9. The Morgan fingerprint density at radius 3 is 2.73 bits per heavy atom. The number of thiazole rings is 1. The minimum Gasteiger partial charge on any atom is -0.356 e. The summed E-state index contributed by atoms with van der Waals surface area (Å²) in [6.45, 7) is 5.25. The standard InChI is InChI=1S/C22H25FN6O3S/c1-3-24-20(31)14-6-8-28(9-7-14)22-27-19-18(33-22)21(32)29(12-25-19)11-17(30)26-15-5-4-13(2)16(23)10-15/h4-5,10,12,14H,3,6-9,11H2,1-2H3,(H,24,31)(H,26,30). The number of amides is 2. The lowest BCUT2D eigenvalue weighted by Crippen LogP contribution is -2.40. The van der Waals surface area contributed by atoms with Gasteiger partial charge in [-0.2, -0.15) is 4.98 Å². The molecule has 2 amide bonds. The number of carbonyl (C=O) groups excluding carboxylic acids is 2. The topological polar surface area (TPSA) is 109 Å². The van der Waals surface area contributed by atoms with Crippen LogP contribution in [0.5, 0.6) is 0 Å². The maximum Gasteiger partial charge on any atom is 0.273 e. The molecule has 2 N–H and O–H groups in total. The van der Waals surface area contributed by atoms with Gasteiger partial charge >= 0.3 is 0 Å². The highest BCUT2D eigenvalue weighted by atomic mass is 32.1. The Morgan fingerprint density at radius 1 is 1.27 bits per heavy atom. The zero-order valence-electron chi connectivity index (χ0n) is 18.4. The average molecular weight is 473 g/mol. The van der Waals surface area contributed by atoms with Crippen molar-refractivity contribution in [2.24, 2.45) is 5.92 Å². The van der Waals surface area contributed by atoms with E-state index in [4.69, 9.17) is 0 Å². The van der Waals surface area contributed by atoms with Crippen molar-refractivity contribution in [3.8, 4) is 0 Å². The van der Waals surface area contributed by atoms with Crippen LogP contribution >= 0.6 is 11.3 Å². The Morgan fingerprint density at radius 2 is 2.03 bits per heavy atom. The van der Waals surface area contributed by atoms with Gasteiger partial charge in [-0.1, -0.05) is 17.4 Å². The van der Waals surface area contributed by atoms with E-state index in [9.17, 15) is 18.8 Å². The molecule has 9 nitrogen and oxygen atoms in total. The van der Waals surface area contributed by atoms with Gasteiger partial charge in [-0.25, -0.2) is 9.37 Å². The molecule has 1 saturated heterocycles. The summed E-state index contributed by atoms with van der Waals surface area (Å²) in [7, 11) is 0. The zero-order valence-corrected chi connectivity index (χ0v) is 19.2. The Hall–Kier alpha value is -3.34. The fraction of sp³-hybridized carbons (Fsp3) is 0.409. The molecule has 1 aliphatic rings. The molecule has 0 spiro atoms. The molecule has 0 radical (unpaired) electrons. The Bertz CT molecular complexity index is 1250. The summed E-state index contributed by atoms with van der Waals surface area (Å²) in [5.74, 6) is -0.803. The largest absolute Gasteiger partial charge is 0.356 e. The van der Waals surface area contributed by atoms with Crippen molar-refractivity contribution in [2.75, 3.05) is 29.9 Å². The van der Waals surface area contributed by atoms with E-state index in [1.54, 1.807) is 19.1 Å². The lowest BCUT2D eigenvalue weighted by atomic mass is 9.96. The molecule has 11 heteroatoms. The van der Waals surface area contributed by atoms with Gasteiger partial charge in [-0.3, -0.25) is 19.0 Å². The molecule has 2 aromatic heterocycles. The maximum absolute atomic E-state index is 13.7. The quantitative estimate of drug-likeness (QED) is 0.570. The number of anilines is 2. The number of aryl methyl sites for hydroxylation is 1. The third-order valence-electron chi connectivity index (χ3n) is 5.63. The number of rotatable bonds is 6. The molecule has 0 unspecified atom stereocenters. The van der Waals surface area contributed by atoms with Crippen molar-refractivity contribution in [3.63, 3.8) is 0 Å². The third-order valence-corrected chi connectivity index (χ3v) is 6.72. The fourth-order valence-corrected chi connectivity index (χ4v) is 4.78. The molecule has 33 heavy (non-hydrogen) atoms. The number of nitrogens with zero attached hydrogens (tertiary/aromatic N) is 4. The first kappa shape index (κ1) is 22.8. The van der Waals surface area contributed by atoms with Crippen molar-refractivity contribution in [1.29, 1.82) is 0 Å². The fourth-order valence-electron chi connectivity index (χ4n) is 3.76. The number of benzene rings is 1. The summed E-state index contributed by atoms with van der Waals surface area (Å²) in [6, 6.07) is 4.41. The van der Waals surface area contributed by atoms with E-state index >= 15 is 0 Å². The van der Waals surface area contributed by atoms with Crippen molar-refractivity contribution in [1.82, 2.24) is 19.9 Å². The molecule has 1 fully saturated rings. The predicted molar refractivity (Wildman–Crippen MR) is 125 cm³/mol. The summed E-state index contributed by atoms with van der Waals surface area (Å²) in [5, 5.41) is 6.14. The molecule has 3 aromatic rings. The van der Waals surface area contributed by atoms with Gasteiger partial charge in [-0.15, -0.1) is 0 Å². The lowest BCUT2D eigenvalue weighted by molar-refractivity contribution is -0.125. The Kier molecular flexibility index (Phi) is 6.68. The van der Waals surface area contributed by atoms with Gasteiger partial charge in [0.25, 0.3) is 5.56 Å². The highest BCUT2D eigenvalue weighted by Gasteiger charge is 2.26. The van der Waals surface area contributed by atoms with Crippen LogP contribution in [0.25, 0.3) is 10.3 Å². The molecule has 1 aliphatic heterocycles. The van der Waals surface area contributed by atoms with Crippen LogP contribution in [0.15, 0.2) is 29.3 Å². The van der Waals surface area contributed by atoms with Gasteiger partial charge in [0.1, 0.15) is 23.4 Å². The monoisotopic (exact) mass is 472 g/mol. The number of piperidine rings is 1. The van der Waals surface area contributed by atoms with E-state index in [0.29, 0.717) is 46.4 Å². The molecule has 4 rings (SSSR count). The summed E-state index contributed by atoms with van der Waals surface area (Å²) in [6.07, 6.45) is 2.74. The number of halogens is 1. The number of nitrogens with one attached hydrogen (secondary N) is 2. The molecule has 3 heterocycles. The van der Waals surface area contributed by atoms with Gasteiger partial charge in [0.05, 0.1) is 0 Å². The predicted octanol–water partition coefficient (Wildman–Crippen LogP) is 2.29. The Balaban J connectivity index is 1.45. The first-order valence-corrected chi connectivity index (χ1v) is 11.6. The number of hydrogen-bond donors (Lipinski definition) is 2.